The first-order valence-corrected chi connectivity index (χ1v) is 11.4. The third-order valence-corrected chi connectivity index (χ3v) is 6.59. The standard InChI is InChI=1S/C24H24N2O6S/c1-17-10-12-22(13-11-17)33(29,30)26(20-8-5-9-21(15-20)31-2)16-23(27)25-19-7-4-6-18(14-19)24(28)32-3/h4-15H,16H2,1-3H3,(H,25,27). The zero-order chi connectivity index (χ0) is 24.0. The molecule has 9 heteroatoms. The van der Waals surface area contributed by atoms with E-state index in [4.69, 9.17) is 9.47 Å². The van der Waals surface area contributed by atoms with Crippen LogP contribution >= 0.6 is 0 Å². The molecule has 0 aromatic heterocycles. The van der Waals surface area contributed by atoms with Crippen molar-refractivity contribution in [3.8, 4) is 5.75 Å². The van der Waals surface area contributed by atoms with Gasteiger partial charge in [-0.25, -0.2) is 13.2 Å². The van der Waals surface area contributed by atoms with E-state index in [-0.39, 0.29) is 16.1 Å². The van der Waals surface area contributed by atoms with E-state index >= 15 is 0 Å². The fourth-order valence-electron chi connectivity index (χ4n) is 3.09. The summed E-state index contributed by atoms with van der Waals surface area (Å²) in [5, 5.41) is 2.64. The quantitative estimate of drug-likeness (QED) is 0.507. The number of anilines is 2. The van der Waals surface area contributed by atoms with Gasteiger partial charge in [-0.05, 0) is 49.4 Å². The summed E-state index contributed by atoms with van der Waals surface area (Å²) < 4.78 is 37.8. The lowest BCUT2D eigenvalue weighted by molar-refractivity contribution is -0.114. The average Bonchev–Trinajstić information content (AvgIpc) is 2.82. The lowest BCUT2D eigenvalue weighted by Crippen LogP contribution is -2.38. The van der Waals surface area contributed by atoms with Gasteiger partial charge in [-0.15, -0.1) is 0 Å². The first kappa shape index (κ1) is 23.8. The third-order valence-electron chi connectivity index (χ3n) is 4.80. The molecule has 3 aromatic rings. The number of rotatable bonds is 8. The minimum Gasteiger partial charge on any atom is -0.497 e. The summed E-state index contributed by atoms with van der Waals surface area (Å²) in [4.78, 5) is 24.7. The first-order valence-electron chi connectivity index (χ1n) is 9.96. The number of aryl methyl sites for hydroxylation is 1. The molecule has 0 radical (unpaired) electrons. The fraction of sp³-hybridized carbons (Fsp3) is 0.167. The van der Waals surface area contributed by atoms with E-state index in [1.54, 1.807) is 48.5 Å². The van der Waals surface area contributed by atoms with Crippen molar-refractivity contribution in [1.82, 2.24) is 0 Å². The molecule has 8 nitrogen and oxygen atoms in total. The van der Waals surface area contributed by atoms with E-state index in [0.717, 1.165) is 9.87 Å². The van der Waals surface area contributed by atoms with Gasteiger partial charge in [0.2, 0.25) is 5.91 Å². The predicted octanol–water partition coefficient (Wildman–Crippen LogP) is 3.62. The number of nitrogens with zero attached hydrogens (tertiary/aromatic N) is 1. The van der Waals surface area contributed by atoms with Crippen LogP contribution in [0.15, 0.2) is 77.7 Å². The first-order chi connectivity index (χ1) is 15.7. The van der Waals surface area contributed by atoms with Crippen LogP contribution in [-0.4, -0.2) is 41.1 Å². The molecule has 0 saturated carbocycles. The van der Waals surface area contributed by atoms with E-state index in [0.29, 0.717) is 11.4 Å². The number of hydrogen-bond acceptors (Lipinski definition) is 6. The van der Waals surface area contributed by atoms with Crippen molar-refractivity contribution in [2.24, 2.45) is 0 Å². The van der Waals surface area contributed by atoms with Gasteiger partial charge >= 0.3 is 5.97 Å². The van der Waals surface area contributed by atoms with Gasteiger partial charge in [-0.3, -0.25) is 9.10 Å². The molecule has 3 aromatic carbocycles. The Morgan fingerprint density at radius 3 is 2.30 bits per heavy atom. The highest BCUT2D eigenvalue weighted by Crippen LogP contribution is 2.27. The Morgan fingerprint density at radius 2 is 1.64 bits per heavy atom. The van der Waals surface area contributed by atoms with Crippen molar-refractivity contribution in [2.45, 2.75) is 11.8 Å². The van der Waals surface area contributed by atoms with Gasteiger partial charge in [0.25, 0.3) is 10.0 Å². The number of hydrogen-bond donors (Lipinski definition) is 1. The minimum absolute atomic E-state index is 0.0522. The van der Waals surface area contributed by atoms with Crippen molar-refractivity contribution in [1.29, 1.82) is 0 Å². The van der Waals surface area contributed by atoms with Gasteiger partial charge in [0.05, 0.1) is 30.4 Å². The van der Waals surface area contributed by atoms with Crippen LogP contribution in [0.25, 0.3) is 0 Å². The summed E-state index contributed by atoms with van der Waals surface area (Å²) in [7, 11) is -1.34. The lowest BCUT2D eigenvalue weighted by atomic mass is 10.2. The van der Waals surface area contributed by atoms with Crippen LogP contribution in [0.3, 0.4) is 0 Å². The van der Waals surface area contributed by atoms with Crippen LogP contribution in [0.1, 0.15) is 15.9 Å². The maximum absolute atomic E-state index is 13.5. The number of sulfonamides is 1. The van der Waals surface area contributed by atoms with Gasteiger partial charge in [0.1, 0.15) is 12.3 Å². The molecule has 33 heavy (non-hydrogen) atoms. The van der Waals surface area contributed by atoms with Crippen LogP contribution in [0.4, 0.5) is 11.4 Å². The van der Waals surface area contributed by atoms with Crippen LogP contribution < -0.4 is 14.4 Å². The number of carbonyl (C=O) groups is 2. The van der Waals surface area contributed by atoms with E-state index in [9.17, 15) is 18.0 Å². The molecule has 0 aliphatic heterocycles. The number of methoxy groups -OCH3 is 2. The number of ether oxygens (including phenoxy) is 2. The third kappa shape index (κ3) is 5.69. The molecule has 0 aliphatic rings. The molecular formula is C24H24N2O6S. The van der Waals surface area contributed by atoms with Crippen molar-refractivity contribution < 1.29 is 27.5 Å². The topological polar surface area (TPSA) is 102 Å². The Bertz CT molecular complexity index is 1260. The van der Waals surface area contributed by atoms with E-state index in [1.165, 1.54) is 38.5 Å². The lowest BCUT2D eigenvalue weighted by Gasteiger charge is -2.24. The van der Waals surface area contributed by atoms with Crippen molar-refractivity contribution in [3.63, 3.8) is 0 Å². The molecule has 0 saturated heterocycles. The molecule has 1 amide bonds. The second-order valence-electron chi connectivity index (χ2n) is 7.15. The minimum atomic E-state index is -4.07. The molecule has 3 rings (SSSR count). The summed E-state index contributed by atoms with van der Waals surface area (Å²) in [5.74, 6) is -0.690. The Hall–Kier alpha value is -3.85. The molecule has 0 spiro atoms. The van der Waals surface area contributed by atoms with E-state index in [2.05, 4.69) is 5.32 Å². The molecule has 0 bridgehead atoms. The molecular weight excluding hydrogens is 444 g/mol. The maximum atomic E-state index is 13.5. The highest BCUT2D eigenvalue weighted by Gasteiger charge is 2.27. The van der Waals surface area contributed by atoms with Crippen molar-refractivity contribution >= 4 is 33.3 Å². The summed E-state index contributed by atoms with van der Waals surface area (Å²) in [6, 6.07) is 19.0. The van der Waals surface area contributed by atoms with Gasteiger partial charge < -0.3 is 14.8 Å². The van der Waals surface area contributed by atoms with E-state index < -0.39 is 28.4 Å². The van der Waals surface area contributed by atoms with Crippen LogP contribution in [0.5, 0.6) is 5.75 Å². The average molecular weight is 469 g/mol. The number of nitrogens with one attached hydrogen (secondary N) is 1. The smallest absolute Gasteiger partial charge is 0.337 e. The van der Waals surface area contributed by atoms with Crippen molar-refractivity contribution in [3.05, 3.63) is 83.9 Å². The molecule has 0 atom stereocenters. The molecule has 0 fully saturated rings. The Labute approximate surface area is 192 Å². The summed E-state index contributed by atoms with van der Waals surface area (Å²) in [5.41, 5.74) is 1.77. The molecule has 0 heterocycles. The zero-order valence-electron chi connectivity index (χ0n) is 18.4. The number of esters is 1. The van der Waals surface area contributed by atoms with Gasteiger partial charge in [-0.2, -0.15) is 0 Å². The Morgan fingerprint density at radius 1 is 0.939 bits per heavy atom. The van der Waals surface area contributed by atoms with Crippen LogP contribution in [0.2, 0.25) is 0 Å². The normalized spacial score (nSPS) is 10.9. The number of amides is 1. The summed E-state index contributed by atoms with van der Waals surface area (Å²) in [6.45, 7) is 1.36. The fourth-order valence-corrected chi connectivity index (χ4v) is 4.50. The molecule has 1 N–H and O–H groups in total. The second-order valence-corrected chi connectivity index (χ2v) is 9.01. The summed E-state index contributed by atoms with van der Waals surface area (Å²) in [6.07, 6.45) is 0. The van der Waals surface area contributed by atoms with Gasteiger partial charge in [0, 0.05) is 11.8 Å². The predicted molar refractivity (Wildman–Crippen MR) is 125 cm³/mol. The largest absolute Gasteiger partial charge is 0.497 e. The Kier molecular flexibility index (Phi) is 7.34. The second kappa shape index (κ2) is 10.2. The molecule has 0 aliphatic carbocycles. The SMILES string of the molecule is COC(=O)c1cccc(NC(=O)CN(c2cccc(OC)c2)S(=O)(=O)c2ccc(C)cc2)c1. The number of benzene rings is 3. The van der Waals surface area contributed by atoms with E-state index in [1.807, 2.05) is 6.92 Å². The van der Waals surface area contributed by atoms with Gasteiger partial charge in [0.15, 0.2) is 0 Å². The monoisotopic (exact) mass is 468 g/mol. The molecule has 172 valence electrons. The van der Waals surface area contributed by atoms with Crippen molar-refractivity contribution in [2.75, 3.05) is 30.4 Å². The summed E-state index contributed by atoms with van der Waals surface area (Å²) >= 11 is 0. The number of carbonyl (C=O) groups excluding carboxylic acids is 2. The Balaban J connectivity index is 1.94. The van der Waals surface area contributed by atoms with Gasteiger partial charge in [-0.1, -0.05) is 29.8 Å². The zero-order valence-corrected chi connectivity index (χ0v) is 19.3. The highest BCUT2D eigenvalue weighted by atomic mass is 32.2. The van der Waals surface area contributed by atoms with Crippen LogP contribution in [-0.2, 0) is 19.6 Å². The van der Waals surface area contributed by atoms with Crippen LogP contribution in [0, 0.1) is 6.92 Å². The maximum Gasteiger partial charge on any atom is 0.337 e. The highest BCUT2D eigenvalue weighted by molar-refractivity contribution is 7.92. The molecule has 0 unspecified atom stereocenters.